The third-order valence-electron chi connectivity index (χ3n) is 4.66. The molecule has 106 valence electrons. The molecule has 0 aliphatic carbocycles. The highest BCUT2D eigenvalue weighted by Gasteiger charge is 2.32. The average Bonchev–Trinajstić information content (AvgIpc) is 2.64. The van der Waals surface area contributed by atoms with Crippen LogP contribution in [-0.4, -0.2) is 42.5 Å². The van der Waals surface area contributed by atoms with E-state index in [-0.39, 0.29) is 0 Å². The van der Waals surface area contributed by atoms with Crippen molar-refractivity contribution < 1.29 is 4.42 Å². The summed E-state index contributed by atoms with van der Waals surface area (Å²) in [6.07, 6.45) is 5.00. The van der Waals surface area contributed by atoms with Crippen LogP contribution in [0.25, 0.3) is 0 Å². The van der Waals surface area contributed by atoms with Crippen LogP contribution in [0.2, 0.25) is 0 Å². The molecule has 0 spiro atoms. The summed E-state index contributed by atoms with van der Waals surface area (Å²) in [6, 6.07) is 5.07. The lowest BCUT2D eigenvalue weighted by atomic mass is 9.96. The van der Waals surface area contributed by atoms with E-state index >= 15 is 0 Å². The minimum absolute atomic E-state index is 0.754. The fourth-order valence-corrected chi connectivity index (χ4v) is 3.65. The Morgan fingerprint density at radius 1 is 1.16 bits per heavy atom. The van der Waals surface area contributed by atoms with Crippen molar-refractivity contribution in [2.75, 3.05) is 26.7 Å². The van der Waals surface area contributed by atoms with E-state index in [1.807, 2.05) is 0 Å². The highest BCUT2D eigenvalue weighted by molar-refractivity contribution is 5.07. The van der Waals surface area contributed by atoms with Crippen molar-refractivity contribution >= 4 is 0 Å². The van der Waals surface area contributed by atoms with E-state index in [4.69, 9.17) is 4.42 Å². The normalized spacial score (nSPS) is 28.7. The zero-order valence-electron chi connectivity index (χ0n) is 12.3. The Hall–Kier alpha value is -0.800. The van der Waals surface area contributed by atoms with E-state index in [0.29, 0.717) is 0 Å². The fraction of sp³-hybridized carbons (Fsp3) is 0.750. The lowest BCUT2D eigenvalue weighted by Crippen LogP contribution is -2.40. The van der Waals surface area contributed by atoms with Crippen LogP contribution in [0.1, 0.15) is 37.7 Å². The summed E-state index contributed by atoms with van der Waals surface area (Å²) in [5, 5.41) is 0. The predicted molar refractivity (Wildman–Crippen MR) is 77.1 cm³/mol. The van der Waals surface area contributed by atoms with Crippen molar-refractivity contribution in [3.8, 4) is 0 Å². The second-order valence-corrected chi connectivity index (χ2v) is 6.35. The lowest BCUT2D eigenvalue weighted by molar-refractivity contribution is 0.164. The second kappa shape index (κ2) is 5.68. The number of likely N-dealkylation sites (N-methyl/N-ethyl adjacent to an activating group) is 1. The number of nitrogens with zero attached hydrogens (tertiary/aromatic N) is 2. The van der Waals surface area contributed by atoms with Gasteiger partial charge in [-0.2, -0.15) is 0 Å². The average molecular weight is 262 g/mol. The molecule has 1 aromatic heterocycles. The summed E-state index contributed by atoms with van der Waals surface area (Å²) in [7, 11) is 2.28. The molecule has 0 aromatic carbocycles. The second-order valence-electron chi connectivity index (χ2n) is 6.35. The summed E-state index contributed by atoms with van der Waals surface area (Å²) in [5.74, 6) is 3.15. The number of hydrogen-bond donors (Lipinski definition) is 0. The molecular formula is C16H26N2O. The van der Waals surface area contributed by atoms with Crippen molar-refractivity contribution in [1.29, 1.82) is 0 Å². The molecule has 2 atom stereocenters. The van der Waals surface area contributed by atoms with Crippen molar-refractivity contribution in [3.63, 3.8) is 0 Å². The van der Waals surface area contributed by atoms with Crippen LogP contribution >= 0.6 is 0 Å². The van der Waals surface area contributed by atoms with Gasteiger partial charge >= 0.3 is 0 Å². The van der Waals surface area contributed by atoms with E-state index in [1.54, 1.807) is 0 Å². The maximum atomic E-state index is 5.93. The molecule has 2 bridgehead atoms. The smallest absolute Gasteiger partial charge is 0.118 e. The molecule has 4 rings (SSSR count). The number of aryl methyl sites for hydroxylation is 1. The SMILES string of the molecule is CCCc1ccc(CN2C[C@H]3CC[C@@H](C2)N(C)C3)o1. The number of fused-ring (bicyclic) bond motifs is 4. The molecule has 3 aliphatic heterocycles. The summed E-state index contributed by atoms with van der Waals surface area (Å²) in [6.45, 7) is 6.91. The Morgan fingerprint density at radius 2 is 2.00 bits per heavy atom. The van der Waals surface area contributed by atoms with Crippen LogP contribution in [0, 0.1) is 5.92 Å². The molecule has 3 heteroatoms. The van der Waals surface area contributed by atoms with Gasteiger partial charge in [-0.1, -0.05) is 6.92 Å². The first-order valence-corrected chi connectivity index (χ1v) is 7.74. The first-order valence-electron chi connectivity index (χ1n) is 7.74. The highest BCUT2D eigenvalue weighted by atomic mass is 16.3. The van der Waals surface area contributed by atoms with Gasteiger partial charge in [-0.3, -0.25) is 4.90 Å². The Morgan fingerprint density at radius 3 is 2.79 bits per heavy atom. The molecule has 3 nitrogen and oxygen atoms in total. The number of piperidine rings is 1. The van der Waals surface area contributed by atoms with Gasteiger partial charge in [-0.05, 0) is 44.4 Å². The molecular weight excluding hydrogens is 236 g/mol. The number of hydrogen-bond acceptors (Lipinski definition) is 3. The third kappa shape index (κ3) is 3.03. The summed E-state index contributed by atoms with van der Waals surface area (Å²) < 4.78 is 5.93. The summed E-state index contributed by atoms with van der Waals surface area (Å²) >= 11 is 0. The summed E-state index contributed by atoms with van der Waals surface area (Å²) in [5.41, 5.74) is 0. The van der Waals surface area contributed by atoms with Crippen LogP contribution in [0.3, 0.4) is 0 Å². The molecule has 0 unspecified atom stereocenters. The Bertz CT molecular complexity index is 415. The zero-order chi connectivity index (χ0) is 13.2. The Labute approximate surface area is 116 Å². The monoisotopic (exact) mass is 262 g/mol. The van der Waals surface area contributed by atoms with Crippen molar-refractivity contribution in [3.05, 3.63) is 23.7 Å². The van der Waals surface area contributed by atoms with Crippen LogP contribution in [-0.2, 0) is 13.0 Å². The van der Waals surface area contributed by atoms with Gasteiger partial charge in [0.15, 0.2) is 0 Å². The van der Waals surface area contributed by atoms with Crippen LogP contribution in [0.15, 0.2) is 16.5 Å². The van der Waals surface area contributed by atoms with Crippen molar-refractivity contribution in [2.45, 2.75) is 45.2 Å². The molecule has 3 fully saturated rings. The largest absolute Gasteiger partial charge is 0.465 e. The molecule has 4 heterocycles. The number of rotatable bonds is 4. The van der Waals surface area contributed by atoms with Gasteiger partial charge in [0.05, 0.1) is 6.54 Å². The Kier molecular flexibility index (Phi) is 3.94. The van der Waals surface area contributed by atoms with E-state index in [9.17, 15) is 0 Å². The molecule has 0 radical (unpaired) electrons. The fourth-order valence-electron chi connectivity index (χ4n) is 3.65. The van der Waals surface area contributed by atoms with Gasteiger partial charge in [0.25, 0.3) is 0 Å². The maximum absolute atomic E-state index is 5.93. The van der Waals surface area contributed by atoms with Gasteiger partial charge in [0.1, 0.15) is 11.5 Å². The van der Waals surface area contributed by atoms with Gasteiger partial charge in [-0.25, -0.2) is 0 Å². The molecule has 19 heavy (non-hydrogen) atoms. The van der Waals surface area contributed by atoms with E-state index in [1.165, 1.54) is 32.5 Å². The third-order valence-corrected chi connectivity index (χ3v) is 4.66. The molecule has 3 aliphatic rings. The minimum Gasteiger partial charge on any atom is -0.465 e. The van der Waals surface area contributed by atoms with Crippen LogP contribution < -0.4 is 0 Å². The Balaban J connectivity index is 1.63. The molecule has 3 saturated heterocycles. The van der Waals surface area contributed by atoms with E-state index in [2.05, 4.69) is 35.9 Å². The zero-order valence-corrected chi connectivity index (χ0v) is 12.3. The quantitative estimate of drug-likeness (QED) is 0.832. The topological polar surface area (TPSA) is 19.6 Å². The lowest BCUT2D eigenvalue weighted by Gasteiger charge is -2.32. The van der Waals surface area contributed by atoms with Crippen molar-refractivity contribution in [2.24, 2.45) is 5.92 Å². The number of furan rings is 1. The van der Waals surface area contributed by atoms with Gasteiger partial charge in [-0.15, -0.1) is 0 Å². The predicted octanol–water partition coefficient (Wildman–Crippen LogP) is 2.76. The van der Waals surface area contributed by atoms with Gasteiger partial charge in [0, 0.05) is 32.1 Å². The first kappa shape index (κ1) is 13.2. The molecule has 0 saturated carbocycles. The molecule has 0 amide bonds. The minimum atomic E-state index is 0.754. The maximum Gasteiger partial charge on any atom is 0.118 e. The van der Waals surface area contributed by atoms with Gasteiger partial charge in [0.2, 0.25) is 0 Å². The molecule has 1 aromatic rings. The van der Waals surface area contributed by atoms with E-state index < -0.39 is 0 Å². The van der Waals surface area contributed by atoms with Crippen LogP contribution in [0.4, 0.5) is 0 Å². The first-order chi connectivity index (χ1) is 9.24. The van der Waals surface area contributed by atoms with Crippen molar-refractivity contribution in [1.82, 2.24) is 9.80 Å². The van der Waals surface area contributed by atoms with Gasteiger partial charge < -0.3 is 9.32 Å². The van der Waals surface area contributed by atoms with Crippen LogP contribution in [0.5, 0.6) is 0 Å². The molecule has 0 N–H and O–H groups in total. The standard InChI is InChI=1S/C16H26N2O/c1-3-4-15-7-8-16(19-15)12-18-10-13-5-6-14(11-18)17(2)9-13/h7-8,13-14H,3-6,9-12H2,1-2H3/t13-,14-/m0/s1. The van der Waals surface area contributed by atoms with E-state index in [0.717, 1.165) is 42.9 Å². The highest BCUT2D eigenvalue weighted by Crippen LogP contribution is 2.27. The summed E-state index contributed by atoms with van der Waals surface area (Å²) in [4.78, 5) is 5.15.